The lowest BCUT2D eigenvalue weighted by Crippen LogP contribution is -2.29. The summed E-state index contributed by atoms with van der Waals surface area (Å²) in [6.45, 7) is 2.50. The van der Waals surface area contributed by atoms with Crippen molar-refractivity contribution in [2.75, 3.05) is 27.2 Å². The van der Waals surface area contributed by atoms with Gasteiger partial charge in [-0.25, -0.2) is 0 Å². The molecule has 0 radical (unpaired) electrons. The van der Waals surface area contributed by atoms with Gasteiger partial charge in [0.1, 0.15) is 6.10 Å². The van der Waals surface area contributed by atoms with Crippen molar-refractivity contribution in [3.05, 3.63) is 30.0 Å². The lowest BCUT2D eigenvalue weighted by molar-refractivity contribution is 0.00345. The molecule has 0 aliphatic carbocycles. The highest BCUT2D eigenvalue weighted by atomic mass is 16.5. The van der Waals surface area contributed by atoms with E-state index in [2.05, 4.69) is 47.0 Å². The molecule has 4 heteroatoms. The van der Waals surface area contributed by atoms with Crippen molar-refractivity contribution >= 4 is 10.9 Å². The largest absolute Gasteiger partial charge is 0.369 e. The van der Waals surface area contributed by atoms with Gasteiger partial charge in [-0.2, -0.15) is 5.10 Å². The Hall–Kier alpha value is -1.39. The predicted molar refractivity (Wildman–Crippen MR) is 67.0 cm³/mol. The zero-order chi connectivity index (χ0) is 11.8. The normalized spacial score (nSPS) is 19.8. The van der Waals surface area contributed by atoms with Gasteiger partial charge in [0, 0.05) is 11.9 Å². The molecule has 0 N–H and O–H groups in total. The van der Waals surface area contributed by atoms with Crippen LogP contribution >= 0.6 is 0 Å². The van der Waals surface area contributed by atoms with E-state index in [0.29, 0.717) is 0 Å². The molecule has 1 aromatic heterocycles. The van der Waals surface area contributed by atoms with Crippen molar-refractivity contribution in [1.29, 1.82) is 0 Å². The van der Waals surface area contributed by atoms with Crippen molar-refractivity contribution in [3.8, 4) is 0 Å². The van der Waals surface area contributed by atoms with E-state index in [4.69, 9.17) is 4.74 Å². The third kappa shape index (κ3) is 1.83. The molecule has 0 bridgehead atoms. The van der Waals surface area contributed by atoms with Gasteiger partial charge in [0.05, 0.1) is 24.4 Å². The molecular weight excluding hydrogens is 214 g/mol. The summed E-state index contributed by atoms with van der Waals surface area (Å²) in [4.78, 5) is 2.15. The second-order valence-corrected chi connectivity index (χ2v) is 4.75. The zero-order valence-corrected chi connectivity index (χ0v) is 10.3. The zero-order valence-electron chi connectivity index (χ0n) is 10.3. The topological polar surface area (TPSA) is 30.3 Å². The highest BCUT2D eigenvalue weighted by Crippen LogP contribution is 2.29. The number of likely N-dealkylation sites (N-methyl/N-ethyl adjacent to an activating group) is 1. The summed E-state index contributed by atoms with van der Waals surface area (Å²) < 4.78 is 7.98. The second kappa shape index (κ2) is 4.13. The molecule has 17 heavy (non-hydrogen) atoms. The number of rotatable bonds is 2. The van der Waals surface area contributed by atoms with Gasteiger partial charge in [-0.05, 0) is 20.2 Å². The standard InChI is InChI=1S/C13H17N3O/c1-15(2)9-12-13-10-5-3-4-6-11(10)14-16(13)7-8-17-12/h3-6,12H,7-9H2,1-2H3/t12-/m0/s1. The molecular formula is C13H17N3O. The van der Waals surface area contributed by atoms with Gasteiger partial charge in [-0.3, -0.25) is 4.68 Å². The molecule has 0 fully saturated rings. The van der Waals surface area contributed by atoms with Crippen LogP contribution in [0.4, 0.5) is 0 Å². The first-order valence-corrected chi connectivity index (χ1v) is 5.97. The van der Waals surface area contributed by atoms with E-state index in [1.807, 2.05) is 6.07 Å². The van der Waals surface area contributed by atoms with Crippen molar-refractivity contribution in [1.82, 2.24) is 14.7 Å². The van der Waals surface area contributed by atoms with E-state index >= 15 is 0 Å². The minimum absolute atomic E-state index is 0.131. The Labute approximate surface area is 101 Å². The molecule has 1 atom stereocenters. The second-order valence-electron chi connectivity index (χ2n) is 4.75. The number of nitrogens with zero attached hydrogens (tertiary/aromatic N) is 3. The summed E-state index contributed by atoms with van der Waals surface area (Å²) in [5.74, 6) is 0. The minimum Gasteiger partial charge on any atom is -0.369 e. The summed E-state index contributed by atoms with van der Waals surface area (Å²) in [5.41, 5.74) is 2.29. The molecule has 0 unspecified atom stereocenters. The quantitative estimate of drug-likeness (QED) is 0.787. The Bertz CT molecular complexity index is 532. The molecule has 0 saturated heterocycles. The average Bonchev–Trinajstić information content (AvgIpc) is 2.67. The predicted octanol–water partition coefficient (Wildman–Crippen LogP) is 1.67. The number of aromatic nitrogens is 2. The van der Waals surface area contributed by atoms with Crippen LogP contribution in [-0.4, -0.2) is 41.9 Å². The monoisotopic (exact) mass is 231 g/mol. The van der Waals surface area contributed by atoms with Crippen LogP contribution in [0, 0.1) is 0 Å². The van der Waals surface area contributed by atoms with Gasteiger partial charge < -0.3 is 9.64 Å². The Balaban J connectivity index is 2.10. The van der Waals surface area contributed by atoms with Crippen LogP contribution in [0.2, 0.25) is 0 Å². The highest BCUT2D eigenvalue weighted by molar-refractivity contribution is 5.82. The summed E-state index contributed by atoms with van der Waals surface area (Å²) in [6, 6.07) is 8.29. The molecule has 90 valence electrons. The SMILES string of the molecule is CN(C)C[C@@H]1OCCn2nc3ccccc3c21. The van der Waals surface area contributed by atoms with E-state index in [-0.39, 0.29) is 6.10 Å². The Morgan fingerprint density at radius 1 is 1.41 bits per heavy atom. The maximum absolute atomic E-state index is 5.88. The molecule has 0 spiro atoms. The third-order valence-electron chi connectivity index (χ3n) is 3.14. The molecule has 3 rings (SSSR count). The number of hydrogen-bond donors (Lipinski definition) is 0. The number of benzene rings is 1. The lowest BCUT2D eigenvalue weighted by Gasteiger charge is -2.27. The van der Waals surface area contributed by atoms with Crippen LogP contribution in [-0.2, 0) is 11.3 Å². The molecule has 2 heterocycles. The lowest BCUT2D eigenvalue weighted by atomic mass is 10.1. The van der Waals surface area contributed by atoms with Crippen LogP contribution < -0.4 is 0 Å². The smallest absolute Gasteiger partial charge is 0.112 e. The summed E-state index contributed by atoms with van der Waals surface area (Å²) >= 11 is 0. The van der Waals surface area contributed by atoms with Crippen molar-refractivity contribution in [3.63, 3.8) is 0 Å². The van der Waals surface area contributed by atoms with Gasteiger partial charge in [-0.1, -0.05) is 18.2 Å². The van der Waals surface area contributed by atoms with Crippen LogP contribution in [0.15, 0.2) is 24.3 Å². The van der Waals surface area contributed by atoms with Gasteiger partial charge >= 0.3 is 0 Å². The Morgan fingerprint density at radius 2 is 2.24 bits per heavy atom. The first kappa shape index (κ1) is 10.7. The van der Waals surface area contributed by atoms with E-state index in [0.717, 1.165) is 25.2 Å². The summed E-state index contributed by atoms with van der Waals surface area (Å²) in [6.07, 6.45) is 0.131. The van der Waals surface area contributed by atoms with Gasteiger partial charge in [0.25, 0.3) is 0 Å². The maximum Gasteiger partial charge on any atom is 0.112 e. The van der Waals surface area contributed by atoms with Crippen molar-refractivity contribution < 1.29 is 4.74 Å². The first-order chi connectivity index (χ1) is 8.25. The molecule has 0 amide bonds. The molecule has 4 nitrogen and oxygen atoms in total. The van der Waals surface area contributed by atoms with Gasteiger partial charge in [0.2, 0.25) is 0 Å². The van der Waals surface area contributed by atoms with Crippen molar-refractivity contribution in [2.24, 2.45) is 0 Å². The van der Waals surface area contributed by atoms with Crippen LogP contribution in [0.25, 0.3) is 10.9 Å². The fourth-order valence-electron chi connectivity index (χ4n) is 2.44. The van der Waals surface area contributed by atoms with E-state index in [1.165, 1.54) is 11.1 Å². The molecule has 1 aliphatic heterocycles. The molecule has 1 aliphatic rings. The number of hydrogen-bond acceptors (Lipinski definition) is 3. The molecule has 1 aromatic carbocycles. The summed E-state index contributed by atoms with van der Waals surface area (Å²) in [5, 5.41) is 5.85. The maximum atomic E-state index is 5.88. The van der Waals surface area contributed by atoms with Crippen LogP contribution in [0.5, 0.6) is 0 Å². The average molecular weight is 231 g/mol. The van der Waals surface area contributed by atoms with Gasteiger partial charge in [0.15, 0.2) is 0 Å². The number of ether oxygens (including phenoxy) is 1. The first-order valence-electron chi connectivity index (χ1n) is 5.97. The fourth-order valence-corrected chi connectivity index (χ4v) is 2.44. The molecule has 2 aromatic rings. The molecule has 0 saturated carbocycles. The highest BCUT2D eigenvalue weighted by Gasteiger charge is 2.25. The van der Waals surface area contributed by atoms with Crippen molar-refractivity contribution in [2.45, 2.75) is 12.6 Å². The van der Waals surface area contributed by atoms with E-state index < -0.39 is 0 Å². The Morgan fingerprint density at radius 3 is 3.06 bits per heavy atom. The minimum atomic E-state index is 0.131. The summed E-state index contributed by atoms with van der Waals surface area (Å²) in [7, 11) is 4.14. The number of fused-ring (bicyclic) bond motifs is 3. The third-order valence-corrected chi connectivity index (χ3v) is 3.14. The van der Waals surface area contributed by atoms with Crippen LogP contribution in [0.3, 0.4) is 0 Å². The Kier molecular flexibility index (Phi) is 2.61. The van der Waals surface area contributed by atoms with E-state index in [1.54, 1.807) is 0 Å². The fraction of sp³-hybridized carbons (Fsp3) is 0.462. The van der Waals surface area contributed by atoms with Gasteiger partial charge in [-0.15, -0.1) is 0 Å². The van der Waals surface area contributed by atoms with Crippen LogP contribution in [0.1, 0.15) is 11.8 Å². The van der Waals surface area contributed by atoms with E-state index in [9.17, 15) is 0 Å².